The fourth-order valence-corrected chi connectivity index (χ4v) is 2.72. The lowest BCUT2D eigenvalue weighted by Crippen LogP contribution is -2.16. The third-order valence-electron chi connectivity index (χ3n) is 3.55. The third-order valence-corrected chi connectivity index (χ3v) is 4.81. The SMILES string of the molecule is Fc1ccc(-c2ccc(Br)c(Cl)c2F)c(CNC2CC2)c1. The van der Waals surface area contributed by atoms with Gasteiger partial charge in [0.15, 0.2) is 5.82 Å². The summed E-state index contributed by atoms with van der Waals surface area (Å²) >= 11 is 9.14. The largest absolute Gasteiger partial charge is 0.310 e. The number of benzene rings is 2. The van der Waals surface area contributed by atoms with Crippen molar-refractivity contribution in [3.8, 4) is 11.1 Å². The minimum Gasteiger partial charge on any atom is -0.310 e. The van der Waals surface area contributed by atoms with Crippen LogP contribution in [0, 0.1) is 11.6 Å². The fraction of sp³-hybridized carbons (Fsp3) is 0.250. The van der Waals surface area contributed by atoms with Crippen molar-refractivity contribution in [2.24, 2.45) is 0 Å². The summed E-state index contributed by atoms with van der Waals surface area (Å²) < 4.78 is 28.4. The Morgan fingerprint density at radius 3 is 2.57 bits per heavy atom. The second-order valence-electron chi connectivity index (χ2n) is 5.18. The molecule has 1 nitrogen and oxygen atoms in total. The molecule has 0 saturated heterocycles. The molecule has 0 heterocycles. The smallest absolute Gasteiger partial charge is 0.150 e. The minimum atomic E-state index is -0.495. The van der Waals surface area contributed by atoms with Crippen LogP contribution in [0.25, 0.3) is 11.1 Å². The van der Waals surface area contributed by atoms with Crippen molar-refractivity contribution in [2.75, 3.05) is 0 Å². The van der Waals surface area contributed by atoms with Gasteiger partial charge in [-0.05, 0) is 58.1 Å². The van der Waals surface area contributed by atoms with Crippen LogP contribution in [0.4, 0.5) is 8.78 Å². The Kier molecular flexibility index (Phi) is 4.29. The molecular formula is C16H13BrClF2N. The monoisotopic (exact) mass is 371 g/mol. The van der Waals surface area contributed by atoms with Crippen LogP contribution in [0.5, 0.6) is 0 Å². The Morgan fingerprint density at radius 1 is 1.14 bits per heavy atom. The van der Waals surface area contributed by atoms with E-state index in [0.717, 1.165) is 18.4 Å². The molecule has 5 heteroatoms. The molecule has 110 valence electrons. The summed E-state index contributed by atoms with van der Waals surface area (Å²) in [7, 11) is 0. The van der Waals surface area contributed by atoms with Gasteiger partial charge in [-0.1, -0.05) is 23.7 Å². The zero-order chi connectivity index (χ0) is 15.0. The van der Waals surface area contributed by atoms with Crippen LogP contribution >= 0.6 is 27.5 Å². The number of hydrogen-bond acceptors (Lipinski definition) is 1. The highest BCUT2D eigenvalue weighted by molar-refractivity contribution is 9.10. The zero-order valence-electron chi connectivity index (χ0n) is 11.1. The van der Waals surface area contributed by atoms with Crippen molar-refractivity contribution in [3.63, 3.8) is 0 Å². The van der Waals surface area contributed by atoms with E-state index < -0.39 is 5.82 Å². The van der Waals surface area contributed by atoms with Gasteiger partial charge in [-0.3, -0.25) is 0 Å². The Bertz CT molecular complexity index is 686. The second-order valence-corrected chi connectivity index (χ2v) is 6.41. The maximum absolute atomic E-state index is 14.4. The summed E-state index contributed by atoms with van der Waals surface area (Å²) in [6.07, 6.45) is 2.28. The summed E-state index contributed by atoms with van der Waals surface area (Å²) in [5.41, 5.74) is 1.78. The topological polar surface area (TPSA) is 12.0 Å². The summed E-state index contributed by atoms with van der Waals surface area (Å²) in [6, 6.07) is 8.23. The van der Waals surface area contributed by atoms with Gasteiger partial charge in [0.25, 0.3) is 0 Å². The number of nitrogens with one attached hydrogen (secondary N) is 1. The molecule has 2 aromatic carbocycles. The normalized spacial score (nSPS) is 14.5. The van der Waals surface area contributed by atoms with E-state index in [-0.39, 0.29) is 10.8 Å². The molecule has 0 amide bonds. The van der Waals surface area contributed by atoms with Crippen molar-refractivity contribution in [1.82, 2.24) is 5.32 Å². The van der Waals surface area contributed by atoms with Crippen LogP contribution in [0.15, 0.2) is 34.8 Å². The van der Waals surface area contributed by atoms with E-state index in [0.29, 0.717) is 28.2 Å². The van der Waals surface area contributed by atoms with Gasteiger partial charge in [-0.15, -0.1) is 0 Å². The van der Waals surface area contributed by atoms with Gasteiger partial charge in [-0.25, -0.2) is 8.78 Å². The average molecular weight is 373 g/mol. The first-order valence-electron chi connectivity index (χ1n) is 6.72. The van der Waals surface area contributed by atoms with Gasteiger partial charge in [0, 0.05) is 22.6 Å². The van der Waals surface area contributed by atoms with Gasteiger partial charge in [0.1, 0.15) is 5.82 Å². The van der Waals surface area contributed by atoms with E-state index in [1.165, 1.54) is 12.1 Å². The Balaban J connectivity index is 2.02. The molecule has 0 bridgehead atoms. The molecule has 0 aliphatic heterocycles. The molecule has 3 rings (SSSR count). The fourth-order valence-electron chi connectivity index (χ4n) is 2.25. The maximum atomic E-state index is 14.4. The average Bonchev–Trinajstić information content (AvgIpc) is 3.28. The molecule has 1 aliphatic rings. The summed E-state index contributed by atoms with van der Waals surface area (Å²) in [5.74, 6) is -0.819. The first-order chi connectivity index (χ1) is 10.1. The van der Waals surface area contributed by atoms with E-state index >= 15 is 0 Å². The van der Waals surface area contributed by atoms with Crippen LogP contribution in [0.2, 0.25) is 5.02 Å². The highest BCUT2D eigenvalue weighted by Crippen LogP contribution is 2.35. The molecule has 1 fully saturated rings. The first-order valence-corrected chi connectivity index (χ1v) is 7.89. The molecule has 0 atom stereocenters. The van der Waals surface area contributed by atoms with Crippen molar-refractivity contribution in [2.45, 2.75) is 25.4 Å². The van der Waals surface area contributed by atoms with E-state index in [4.69, 9.17) is 11.6 Å². The molecule has 1 saturated carbocycles. The summed E-state index contributed by atoms with van der Waals surface area (Å²) in [4.78, 5) is 0. The lowest BCUT2D eigenvalue weighted by atomic mass is 9.99. The van der Waals surface area contributed by atoms with Gasteiger partial charge in [0.05, 0.1) is 5.02 Å². The van der Waals surface area contributed by atoms with Crippen molar-refractivity contribution >= 4 is 27.5 Å². The molecule has 21 heavy (non-hydrogen) atoms. The van der Waals surface area contributed by atoms with Crippen molar-refractivity contribution in [1.29, 1.82) is 0 Å². The van der Waals surface area contributed by atoms with E-state index in [9.17, 15) is 8.78 Å². The van der Waals surface area contributed by atoms with Crippen molar-refractivity contribution < 1.29 is 8.78 Å². The third kappa shape index (κ3) is 3.28. The molecule has 1 aliphatic carbocycles. The quantitative estimate of drug-likeness (QED) is 0.718. The molecule has 2 aromatic rings. The Hall–Kier alpha value is -0.970. The van der Waals surface area contributed by atoms with E-state index in [1.807, 2.05) is 0 Å². The highest BCUT2D eigenvalue weighted by Gasteiger charge is 2.21. The summed E-state index contributed by atoms with van der Waals surface area (Å²) in [5, 5.41) is 3.36. The lowest BCUT2D eigenvalue weighted by molar-refractivity contribution is 0.617. The molecule has 0 spiro atoms. The Labute approximate surface area is 135 Å². The lowest BCUT2D eigenvalue weighted by Gasteiger charge is -2.13. The van der Waals surface area contributed by atoms with Gasteiger partial charge in [-0.2, -0.15) is 0 Å². The standard InChI is InChI=1S/C16H13BrClF2N/c17-14-6-5-13(16(20)15(14)18)12-4-1-10(19)7-9(12)8-21-11-2-3-11/h1,4-7,11,21H,2-3,8H2. The number of rotatable bonds is 4. The number of hydrogen-bond donors (Lipinski definition) is 1. The molecule has 1 N–H and O–H groups in total. The minimum absolute atomic E-state index is 0.0397. The Morgan fingerprint density at radius 2 is 1.86 bits per heavy atom. The van der Waals surface area contributed by atoms with Gasteiger partial charge >= 0.3 is 0 Å². The highest BCUT2D eigenvalue weighted by atomic mass is 79.9. The van der Waals surface area contributed by atoms with Crippen molar-refractivity contribution in [3.05, 3.63) is 57.0 Å². The predicted molar refractivity (Wildman–Crippen MR) is 84.4 cm³/mol. The number of halogens is 4. The van der Waals surface area contributed by atoms with Crippen LogP contribution in [0.1, 0.15) is 18.4 Å². The van der Waals surface area contributed by atoms with E-state index in [2.05, 4.69) is 21.2 Å². The van der Waals surface area contributed by atoms with Gasteiger partial charge < -0.3 is 5.32 Å². The first kappa shape index (κ1) is 14.9. The maximum Gasteiger partial charge on any atom is 0.150 e. The molecule has 0 radical (unpaired) electrons. The molecule has 0 unspecified atom stereocenters. The van der Waals surface area contributed by atoms with E-state index in [1.54, 1.807) is 18.2 Å². The summed E-state index contributed by atoms with van der Waals surface area (Å²) in [6.45, 7) is 0.519. The second kappa shape index (κ2) is 6.03. The predicted octanol–water partition coefficient (Wildman–Crippen LogP) is 5.30. The molecular weight excluding hydrogens is 360 g/mol. The van der Waals surface area contributed by atoms with Gasteiger partial charge in [0.2, 0.25) is 0 Å². The van der Waals surface area contributed by atoms with Crippen LogP contribution in [0.3, 0.4) is 0 Å². The zero-order valence-corrected chi connectivity index (χ0v) is 13.4. The van der Waals surface area contributed by atoms with Crippen LogP contribution in [-0.2, 0) is 6.54 Å². The molecule has 0 aromatic heterocycles. The van der Waals surface area contributed by atoms with Crippen LogP contribution < -0.4 is 5.32 Å². The van der Waals surface area contributed by atoms with Crippen LogP contribution in [-0.4, -0.2) is 6.04 Å².